The van der Waals surface area contributed by atoms with Crippen molar-refractivity contribution in [3.05, 3.63) is 44.0 Å². The fraction of sp³-hybridized carbons (Fsp3) is 0.250. The highest BCUT2D eigenvalue weighted by molar-refractivity contribution is 7.71. The molecular weight excluding hydrogens is 280 g/mol. The van der Waals surface area contributed by atoms with Crippen molar-refractivity contribution >= 4 is 33.8 Å². The smallest absolute Gasteiger partial charge is 0.263 e. The van der Waals surface area contributed by atoms with Gasteiger partial charge in [0.15, 0.2) is 4.77 Å². The fourth-order valence-electron chi connectivity index (χ4n) is 1.96. The molecule has 98 valence electrons. The van der Waals surface area contributed by atoms with E-state index in [4.69, 9.17) is 12.2 Å². The minimum absolute atomic E-state index is 0.0516. The van der Waals surface area contributed by atoms with Gasteiger partial charge in [0.25, 0.3) is 5.56 Å². The molecule has 0 radical (unpaired) electrons. The summed E-state index contributed by atoms with van der Waals surface area (Å²) in [4.78, 5) is 17.6. The van der Waals surface area contributed by atoms with Gasteiger partial charge in [-0.3, -0.25) is 14.5 Å². The van der Waals surface area contributed by atoms with Crippen LogP contribution >= 0.6 is 23.6 Å². The minimum Gasteiger partial charge on any atom is -0.323 e. The highest BCUT2D eigenvalue weighted by Gasteiger charge is 2.10. The fourth-order valence-corrected chi connectivity index (χ4v) is 3.26. The molecule has 0 aromatic carbocycles. The van der Waals surface area contributed by atoms with E-state index < -0.39 is 0 Å². The molecule has 0 atom stereocenters. The van der Waals surface area contributed by atoms with Gasteiger partial charge < -0.3 is 4.98 Å². The van der Waals surface area contributed by atoms with E-state index in [0.717, 1.165) is 16.9 Å². The zero-order valence-corrected chi connectivity index (χ0v) is 11.9. The lowest BCUT2D eigenvalue weighted by Gasteiger charge is -2.04. The number of fused-ring (bicyclic) bond motifs is 1. The topological polar surface area (TPSA) is 66.5 Å². The van der Waals surface area contributed by atoms with Crippen molar-refractivity contribution in [2.75, 3.05) is 0 Å². The van der Waals surface area contributed by atoms with Gasteiger partial charge in [-0.25, -0.2) is 0 Å². The van der Waals surface area contributed by atoms with Crippen LogP contribution in [-0.2, 0) is 13.0 Å². The third-order valence-electron chi connectivity index (χ3n) is 2.96. The molecule has 0 spiro atoms. The standard InChI is InChI=1S/C12H12N4OS2/c1-2-8-5-9-10(19-8)14-12(18)16(11(9)17)6-7-3-4-13-15-7/h3-5H,2,6H2,1H3,(H,13,15)(H,14,18). The Bertz CT molecular complexity index is 826. The minimum atomic E-state index is -0.0516. The Kier molecular flexibility index (Phi) is 3.08. The molecule has 3 aromatic rings. The predicted molar refractivity (Wildman–Crippen MR) is 78.3 cm³/mol. The Morgan fingerprint density at radius 3 is 3.05 bits per heavy atom. The van der Waals surface area contributed by atoms with Gasteiger partial charge >= 0.3 is 0 Å². The summed E-state index contributed by atoms with van der Waals surface area (Å²) in [5.74, 6) is 0. The molecule has 0 bridgehead atoms. The Morgan fingerprint density at radius 1 is 1.53 bits per heavy atom. The van der Waals surface area contributed by atoms with Crippen LogP contribution in [0, 0.1) is 4.77 Å². The maximum atomic E-state index is 12.5. The Hall–Kier alpha value is -1.73. The Balaban J connectivity index is 2.19. The predicted octanol–water partition coefficient (Wildman–Crippen LogP) is 2.45. The average molecular weight is 292 g/mol. The molecule has 0 saturated carbocycles. The lowest BCUT2D eigenvalue weighted by molar-refractivity contribution is 0.714. The molecule has 0 unspecified atom stereocenters. The SMILES string of the molecule is CCc1cc2c(=O)n(Cc3ccn[nH]3)c(=S)[nH]c2s1. The van der Waals surface area contributed by atoms with Crippen LogP contribution in [0.2, 0.25) is 0 Å². The quantitative estimate of drug-likeness (QED) is 0.729. The van der Waals surface area contributed by atoms with Crippen LogP contribution < -0.4 is 5.56 Å². The van der Waals surface area contributed by atoms with Gasteiger partial charge in [-0.2, -0.15) is 5.10 Å². The van der Waals surface area contributed by atoms with Gasteiger partial charge in [0.1, 0.15) is 4.83 Å². The van der Waals surface area contributed by atoms with E-state index in [-0.39, 0.29) is 5.56 Å². The molecule has 3 rings (SSSR count). The summed E-state index contributed by atoms with van der Waals surface area (Å²) in [5.41, 5.74) is 0.802. The van der Waals surface area contributed by atoms with Crippen LogP contribution in [0.3, 0.4) is 0 Å². The van der Waals surface area contributed by atoms with E-state index in [1.54, 1.807) is 22.1 Å². The summed E-state index contributed by atoms with van der Waals surface area (Å²) in [6.07, 6.45) is 2.57. The summed E-state index contributed by atoms with van der Waals surface area (Å²) >= 11 is 6.85. The van der Waals surface area contributed by atoms with Crippen molar-refractivity contribution in [1.29, 1.82) is 0 Å². The summed E-state index contributed by atoms with van der Waals surface area (Å²) in [7, 11) is 0. The van der Waals surface area contributed by atoms with Crippen molar-refractivity contribution in [2.24, 2.45) is 0 Å². The number of H-pyrrole nitrogens is 2. The zero-order valence-electron chi connectivity index (χ0n) is 10.3. The van der Waals surface area contributed by atoms with Crippen LogP contribution in [0.25, 0.3) is 10.2 Å². The molecule has 3 heterocycles. The molecule has 7 heteroatoms. The van der Waals surface area contributed by atoms with Crippen LogP contribution in [0.15, 0.2) is 23.1 Å². The van der Waals surface area contributed by atoms with Gasteiger partial charge in [-0.1, -0.05) is 6.92 Å². The highest BCUT2D eigenvalue weighted by Crippen LogP contribution is 2.21. The van der Waals surface area contributed by atoms with Gasteiger partial charge in [0.05, 0.1) is 17.6 Å². The monoisotopic (exact) mass is 292 g/mol. The van der Waals surface area contributed by atoms with E-state index >= 15 is 0 Å². The van der Waals surface area contributed by atoms with E-state index in [1.807, 2.05) is 12.1 Å². The van der Waals surface area contributed by atoms with Crippen LogP contribution in [0.4, 0.5) is 0 Å². The Morgan fingerprint density at radius 2 is 2.37 bits per heavy atom. The van der Waals surface area contributed by atoms with Crippen molar-refractivity contribution in [2.45, 2.75) is 19.9 Å². The number of nitrogens with one attached hydrogen (secondary N) is 2. The second-order valence-corrected chi connectivity index (χ2v) is 5.74. The zero-order chi connectivity index (χ0) is 13.4. The van der Waals surface area contributed by atoms with E-state index in [1.165, 1.54) is 4.88 Å². The maximum Gasteiger partial charge on any atom is 0.263 e. The average Bonchev–Trinajstić information content (AvgIpc) is 3.03. The molecular formula is C12H12N4OS2. The van der Waals surface area contributed by atoms with Crippen molar-refractivity contribution in [1.82, 2.24) is 19.7 Å². The largest absolute Gasteiger partial charge is 0.323 e. The molecule has 0 aliphatic carbocycles. The lowest BCUT2D eigenvalue weighted by Crippen LogP contribution is -2.22. The number of aryl methyl sites for hydroxylation is 1. The van der Waals surface area contributed by atoms with Crippen LogP contribution in [0.1, 0.15) is 17.5 Å². The van der Waals surface area contributed by atoms with E-state index in [9.17, 15) is 4.79 Å². The second-order valence-electron chi connectivity index (χ2n) is 4.21. The maximum absolute atomic E-state index is 12.5. The third-order valence-corrected chi connectivity index (χ3v) is 4.48. The van der Waals surface area contributed by atoms with Gasteiger partial charge in [-0.05, 0) is 30.8 Å². The first-order valence-electron chi connectivity index (χ1n) is 5.93. The molecule has 19 heavy (non-hydrogen) atoms. The van der Waals surface area contributed by atoms with Gasteiger partial charge in [0.2, 0.25) is 0 Å². The Labute approximate surface area is 117 Å². The highest BCUT2D eigenvalue weighted by atomic mass is 32.1. The van der Waals surface area contributed by atoms with Gasteiger partial charge in [0, 0.05) is 11.1 Å². The first-order valence-corrected chi connectivity index (χ1v) is 7.15. The van der Waals surface area contributed by atoms with Crippen LogP contribution in [-0.4, -0.2) is 19.7 Å². The van der Waals surface area contributed by atoms with Crippen molar-refractivity contribution in [3.8, 4) is 0 Å². The number of rotatable bonds is 3. The van der Waals surface area contributed by atoms with Crippen LogP contribution in [0.5, 0.6) is 0 Å². The third kappa shape index (κ3) is 2.15. The van der Waals surface area contributed by atoms with Gasteiger partial charge in [-0.15, -0.1) is 11.3 Å². The molecule has 5 nitrogen and oxygen atoms in total. The number of aromatic nitrogens is 4. The number of hydrogen-bond acceptors (Lipinski definition) is 4. The second kappa shape index (κ2) is 4.75. The molecule has 3 aromatic heterocycles. The number of aromatic amines is 2. The molecule has 0 saturated heterocycles. The summed E-state index contributed by atoms with van der Waals surface area (Å²) < 4.78 is 1.99. The first-order chi connectivity index (χ1) is 9.19. The van der Waals surface area contributed by atoms with Crippen molar-refractivity contribution in [3.63, 3.8) is 0 Å². The number of nitrogens with zero attached hydrogens (tertiary/aromatic N) is 2. The van der Waals surface area contributed by atoms with E-state index in [2.05, 4.69) is 22.1 Å². The number of hydrogen-bond donors (Lipinski definition) is 2. The van der Waals surface area contributed by atoms with E-state index in [0.29, 0.717) is 16.7 Å². The molecule has 0 aliphatic rings. The number of thiophene rings is 1. The summed E-state index contributed by atoms with van der Waals surface area (Å²) in [6.45, 7) is 2.48. The normalized spacial score (nSPS) is 11.2. The first kappa shape index (κ1) is 12.3. The molecule has 0 aliphatic heterocycles. The lowest BCUT2D eigenvalue weighted by atomic mass is 10.3. The summed E-state index contributed by atoms with van der Waals surface area (Å²) in [6, 6.07) is 3.77. The molecule has 0 amide bonds. The van der Waals surface area contributed by atoms with Crippen molar-refractivity contribution < 1.29 is 0 Å². The molecule has 2 N–H and O–H groups in total. The summed E-state index contributed by atoms with van der Waals surface area (Å²) in [5, 5.41) is 7.42. The molecule has 0 fully saturated rings.